The summed E-state index contributed by atoms with van der Waals surface area (Å²) >= 11 is 0. The molecular formula is C15H17N3O2. The molecule has 20 heavy (non-hydrogen) atoms. The summed E-state index contributed by atoms with van der Waals surface area (Å²) in [5.74, 6) is 0. The lowest BCUT2D eigenvalue weighted by Crippen LogP contribution is -2.17. The Morgan fingerprint density at radius 2 is 2.05 bits per heavy atom. The predicted molar refractivity (Wildman–Crippen MR) is 78.7 cm³/mol. The minimum Gasteiger partial charge on any atom is -0.377 e. The van der Waals surface area contributed by atoms with Gasteiger partial charge in [0, 0.05) is 12.2 Å². The smallest absolute Gasteiger partial charge is 0.310 e. The van der Waals surface area contributed by atoms with Crippen molar-refractivity contribution >= 4 is 11.4 Å². The van der Waals surface area contributed by atoms with E-state index in [0.717, 1.165) is 12.8 Å². The molecule has 1 heterocycles. The Kier molecular flexibility index (Phi) is 4.65. The van der Waals surface area contributed by atoms with Crippen LogP contribution in [0.5, 0.6) is 0 Å². The number of nitrogens with zero attached hydrogens (tertiary/aromatic N) is 2. The molecule has 0 radical (unpaired) electrons. The first kappa shape index (κ1) is 14.0. The summed E-state index contributed by atoms with van der Waals surface area (Å²) < 4.78 is 0. The lowest BCUT2D eigenvalue weighted by molar-refractivity contribution is -0.384. The molecule has 1 aromatic heterocycles. The maximum absolute atomic E-state index is 10.9. The van der Waals surface area contributed by atoms with E-state index in [9.17, 15) is 10.1 Å². The molecule has 5 heteroatoms. The minimum atomic E-state index is -0.417. The molecule has 1 N–H and O–H groups in total. The second-order valence-corrected chi connectivity index (χ2v) is 4.72. The van der Waals surface area contributed by atoms with Crippen molar-refractivity contribution in [2.45, 2.75) is 25.8 Å². The molecule has 0 fully saturated rings. The SMILES string of the molecule is CC(CCc1ccccc1)Nc1ccncc1[N+](=O)[O-]. The van der Waals surface area contributed by atoms with Gasteiger partial charge in [-0.15, -0.1) is 0 Å². The highest BCUT2D eigenvalue weighted by atomic mass is 16.6. The van der Waals surface area contributed by atoms with Gasteiger partial charge in [-0.25, -0.2) is 0 Å². The van der Waals surface area contributed by atoms with Gasteiger partial charge in [-0.1, -0.05) is 30.3 Å². The number of aromatic nitrogens is 1. The van der Waals surface area contributed by atoms with Crippen LogP contribution in [0.25, 0.3) is 0 Å². The van der Waals surface area contributed by atoms with Gasteiger partial charge in [0.1, 0.15) is 11.9 Å². The van der Waals surface area contributed by atoms with E-state index in [2.05, 4.69) is 22.4 Å². The number of aryl methyl sites for hydroxylation is 1. The van der Waals surface area contributed by atoms with Crippen molar-refractivity contribution in [1.29, 1.82) is 0 Å². The third-order valence-corrected chi connectivity index (χ3v) is 3.11. The second-order valence-electron chi connectivity index (χ2n) is 4.72. The Bertz CT molecular complexity index is 572. The van der Waals surface area contributed by atoms with Gasteiger partial charge in [0.25, 0.3) is 0 Å². The number of anilines is 1. The minimum absolute atomic E-state index is 0.0130. The predicted octanol–water partition coefficient (Wildman–Crippen LogP) is 3.42. The first-order valence-corrected chi connectivity index (χ1v) is 6.55. The summed E-state index contributed by atoms with van der Waals surface area (Å²) in [7, 11) is 0. The van der Waals surface area contributed by atoms with Gasteiger partial charge < -0.3 is 5.32 Å². The van der Waals surface area contributed by atoms with E-state index in [4.69, 9.17) is 0 Å². The van der Waals surface area contributed by atoms with Crippen LogP contribution in [-0.4, -0.2) is 15.9 Å². The highest BCUT2D eigenvalue weighted by Gasteiger charge is 2.14. The van der Waals surface area contributed by atoms with Gasteiger partial charge in [0.2, 0.25) is 0 Å². The van der Waals surface area contributed by atoms with Gasteiger partial charge in [-0.05, 0) is 31.4 Å². The first-order valence-electron chi connectivity index (χ1n) is 6.55. The fraction of sp³-hybridized carbons (Fsp3) is 0.267. The molecule has 0 saturated carbocycles. The zero-order valence-corrected chi connectivity index (χ0v) is 11.3. The lowest BCUT2D eigenvalue weighted by atomic mass is 10.1. The fourth-order valence-corrected chi connectivity index (χ4v) is 2.02. The highest BCUT2D eigenvalue weighted by Crippen LogP contribution is 2.23. The van der Waals surface area contributed by atoms with Crippen LogP contribution in [0.15, 0.2) is 48.8 Å². The molecule has 1 aromatic carbocycles. The number of hydrogen-bond acceptors (Lipinski definition) is 4. The van der Waals surface area contributed by atoms with Crippen LogP contribution in [0.3, 0.4) is 0 Å². The first-order chi connectivity index (χ1) is 9.66. The maximum atomic E-state index is 10.9. The van der Waals surface area contributed by atoms with Crippen LogP contribution in [0, 0.1) is 10.1 Å². The fourth-order valence-electron chi connectivity index (χ4n) is 2.02. The van der Waals surface area contributed by atoms with Gasteiger partial charge in [-0.3, -0.25) is 15.1 Å². The van der Waals surface area contributed by atoms with E-state index in [1.807, 2.05) is 25.1 Å². The van der Waals surface area contributed by atoms with Gasteiger partial charge in [-0.2, -0.15) is 0 Å². The standard InChI is InChI=1S/C15H17N3O2/c1-12(7-8-13-5-3-2-4-6-13)17-14-9-10-16-11-15(14)18(19)20/h2-6,9-12H,7-8H2,1H3,(H,16,17). The molecule has 0 aliphatic heterocycles. The summed E-state index contributed by atoms with van der Waals surface area (Å²) in [5.41, 5.74) is 1.80. The van der Waals surface area contributed by atoms with Crippen molar-refractivity contribution in [3.05, 3.63) is 64.5 Å². The van der Waals surface area contributed by atoms with Crippen LogP contribution in [0.1, 0.15) is 18.9 Å². The number of hydrogen-bond donors (Lipinski definition) is 1. The normalized spacial score (nSPS) is 11.8. The van der Waals surface area contributed by atoms with Crippen molar-refractivity contribution in [3.8, 4) is 0 Å². The van der Waals surface area contributed by atoms with E-state index in [1.54, 1.807) is 12.3 Å². The average molecular weight is 271 g/mol. The number of rotatable bonds is 6. The third kappa shape index (κ3) is 3.78. The van der Waals surface area contributed by atoms with Crippen LogP contribution < -0.4 is 5.32 Å². The third-order valence-electron chi connectivity index (χ3n) is 3.11. The van der Waals surface area contributed by atoms with E-state index in [1.165, 1.54) is 11.8 Å². The van der Waals surface area contributed by atoms with Crippen molar-refractivity contribution < 1.29 is 4.92 Å². The van der Waals surface area contributed by atoms with Crippen molar-refractivity contribution in [1.82, 2.24) is 4.98 Å². The molecule has 1 unspecified atom stereocenters. The van der Waals surface area contributed by atoms with Crippen molar-refractivity contribution in [2.75, 3.05) is 5.32 Å². The lowest BCUT2D eigenvalue weighted by Gasteiger charge is -2.15. The molecule has 0 spiro atoms. The number of nitrogens with one attached hydrogen (secondary N) is 1. The van der Waals surface area contributed by atoms with Crippen molar-refractivity contribution in [3.63, 3.8) is 0 Å². The van der Waals surface area contributed by atoms with Crippen molar-refractivity contribution in [2.24, 2.45) is 0 Å². The largest absolute Gasteiger partial charge is 0.377 e. The van der Waals surface area contributed by atoms with E-state index < -0.39 is 4.92 Å². The molecule has 2 aromatic rings. The quantitative estimate of drug-likeness (QED) is 0.645. The zero-order valence-electron chi connectivity index (χ0n) is 11.3. The second kappa shape index (κ2) is 6.65. The molecule has 5 nitrogen and oxygen atoms in total. The Morgan fingerprint density at radius 3 is 2.75 bits per heavy atom. The molecule has 2 rings (SSSR count). The van der Waals surface area contributed by atoms with Crippen LogP contribution in [-0.2, 0) is 6.42 Å². The molecule has 0 saturated heterocycles. The van der Waals surface area contributed by atoms with Crippen LogP contribution in [0.2, 0.25) is 0 Å². The summed E-state index contributed by atoms with van der Waals surface area (Å²) in [6, 6.07) is 12.0. The average Bonchev–Trinajstić information content (AvgIpc) is 2.46. The van der Waals surface area contributed by atoms with E-state index >= 15 is 0 Å². The van der Waals surface area contributed by atoms with E-state index in [-0.39, 0.29) is 11.7 Å². The molecule has 104 valence electrons. The van der Waals surface area contributed by atoms with Gasteiger partial charge in [0.05, 0.1) is 4.92 Å². The Hall–Kier alpha value is -2.43. The van der Waals surface area contributed by atoms with E-state index in [0.29, 0.717) is 5.69 Å². The summed E-state index contributed by atoms with van der Waals surface area (Å²) in [5, 5.41) is 14.1. The maximum Gasteiger partial charge on any atom is 0.310 e. The number of benzene rings is 1. The Balaban J connectivity index is 1.95. The Morgan fingerprint density at radius 1 is 1.30 bits per heavy atom. The van der Waals surface area contributed by atoms with Crippen LogP contribution >= 0.6 is 0 Å². The summed E-state index contributed by atoms with van der Waals surface area (Å²) in [6.45, 7) is 2.02. The molecular weight excluding hydrogens is 254 g/mol. The molecule has 0 bridgehead atoms. The zero-order chi connectivity index (χ0) is 14.4. The van der Waals surface area contributed by atoms with Gasteiger partial charge >= 0.3 is 5.69 Å². The molecule has 0 aliphatic carbocycles. The molecule has 1 atom stereocenters. The van der Waals surface area contributed by atoms with Gasteiger partial charge in [0.15, 0.2) is 0 Å². The topological polar surface area (TPSA) is 68.1 Å². The molecule has 0 amide bonds. The highest BCUT2D eigenvalue weighted by molar-refractivity contribution is 5.59. The Labute approximate surface area is 117 Å². The summed E-state index contributed by atoms with van der Waals surface area (Å²) in [6.07, 6.45) is 4.67. The number of pyridine rings is 1. The summed E-state index contributed by atoms with van der Waals surface area (Å²) in [4.78, 5) is 14.3. The number of nitro groups is 1. The molecule has 0 aliphatic rings. The monoisotopic (exact) mass is 271 g/mol. The van der Waals surface area contributed by atoms with Crippen LogP contribution in [0.4, 0.5) is 11.4 Å².